The minimum atomic E-state index is -4.54. The average Bonchev–Trinajstić information content (AvgIpc) is 2.79. The third kappa shape index (κ3) is 8.95. The molecule has 0 unspecified atom stereocenters. The molecule has 0 aliphatic rings. The van der Waals surface area contributed by atoms with Gasteiger partial charge in [0.15, 0.2) is 5.82 Å². The number of nitrogen functional groups attached to an aromatic ring is 1. The number of hydrogen-bond donors (Lipinski definition) is 3. The summed E-state index contributed by atoms with van der Waals surface area (Å²) >= 11 is 0. The summed E-state index contributed by atoms with van der Waals surface area (Å²) in [5.41, 5.74) is 3.47. The lowest BCUT2D eigenvalue weighted by Crippen LogP contribution is -2.44. The van der Waals surface area contributed by atoms with E-state index >= 15 is 0 Å². The molecule has 0 radical (unpaired) electrons. The van der Waals surface area contributed by atoms with Crippen molar-refractivity contribution in [2.45, 2.75) is 58.9 Å². The number of nitrogens with zero attached hydrogens (tertiary/aromatic N) is 3. The molecule has 220 valence electrons. The second kappa shape index (κ2) is 11.5. The van der Waals surface area contributed by atoms with Gasteiger partial charge >= 0.3 is 18.4 Å². The summed E-state index contributed by atoms with van der Waals surface area (Å²) in [6.07, 6.45) is -6.79. The zero-order valence-electron chi connectivity index (χ0n) is 23.2. The summed E-state index contributed by atoms with van der Waals surface area (Å²) in [6, 6.07) is 8.76. The van der Waals surface area contributed by atoms with Gasteiger partial charge in [0.25, 0.3) is 0 Å². The van der Waals surface area contributed by atoms with Crippen LogP contribution in [0.5, 0.6) is 0 Å². The van der Waals surface area contributed by atoms with E-state index in [0.717, 1.165) is 36.4 Å². The van der Waals surface area contributed by atoms with Gasteiger partial charge in [-0.25, -0.2) is 14.0 Å². The van der Waals surface area contributed by atoms with Crippen LogP contribution in [0.25, 0.3) is 0 Å². The number of anilines is 6. The van der Waals surface area contributed by atoms with E-state index in [1.165, 1.54) is 12.1 Å². The van der Waals surface area contributed by atoms with Gasteiger partial charge in [0.1, 0.15) is 22.8 Å². The highest BCUT2D eigenvalue weighted by atomic mass is 19.4. The van der Waals surface area contributed by atoms with E-state index < -0.39 is 40.9 Å². The summed E-state index contributed by atoms with van der Waals surface area (Å²) in [5.74, 6) is -1.23. The van der Waals surface area contributed by atoms with Crippen molar-refractivity contribution >= 4 is 46.8 Å². The number of halogens is 4. The first-order valence-corrected chi connectivity index (χ1v) is 12.2. The number of nitrogens with one attached hydrogen (secondary N) is 2. The Balaban J connectivity index is 2.12. The predicted octanol–water partition coefficient (Wildman–Crippen LogP) is 7.38. The summed E-state index contributed by atoms with van der Waals surface area (Å²) < 4.78 is 63.7. The molecule has 4 N–H and O–H groups in total. The largest absolute Gasteiger partial charge is 0.443 e. The molecule has 0 bridgehead atoms. The van der Waals surface area contributed by atoms with Gasteiger partial charge in [-0.3, -0.25) is 0 Å². The maximum Gasteiger partial charge on any atom is 0.425 e. The molecule has 2 aromatic carbocycles. The van der Waals surface area contributed by atoms with E-state index in [1.807, 2.05) is 0 Å². The molecule has 1 heterocycles. The monoisotopic (exact) mass is 578 g/mol. The van der Waals surface area contributed by atoms with Gasteiger partial charge in [-0.2, -0.15) is 28.0 Å². The Morgan fingerprint density at radius 2 is 1.39 bits per heavy atom. The van der Waals surface area contributed by atoms with Crippen LogP contribution in [0.15, 0.2) is 48.5 Å². The number of alkyl halides is 3. The highest BCUT2D eigenvalue weighted by Crippen LogP contribution is 2.32. The smallest absolute Gasteiger partial charge is 0.425 e. The number of ether oxygens (including phenoxy) is 2. The second-order valence-electron chi connectivity index (χ2n) is 10.8. The summed E-state index contributed by atoms with van der Waals surface area (Å²) in [6.45, 7) is 9.56. The van der Waals surface area contributed by atoms with Gasteiger partial charge in [0.05, 0.1) is 16.9 Å². The number of carbonyl (C=O) groups excluding carboxylic acids is 2. The minimum absolute atomic E-state index is 0.0566. The van der Waals surface area contributed by atoms with Crippen LogP contribution >= 0.6 is 0 Å². The number of rotatable bonds is 5. The zero-order valence-corrected chi connectivity index (χ0v) is 23.2. The number of imide groups is 1. The fraction of sp³-hybridized carbons (Fsp3) is 0.333. The molecule has 41 heavy (non-hydrogen) atoms. The van der Waals surface area contributed by atoms with Crippen LogP contribution in [0, 0.1) is 5.82 Å². The molecular formula is C27H30F4N6O4. The normalized spacial score (nSPS) is 12.0. The molecule has 0 saturated carbocycles. The molecule has 0 spiro atoms. The molecule has 0 fully saturated rings. The summed E-state index contributed by atoms with van der Waals surface area (Å²) in [5, 5.41) is 5.54. The Kier molecular flexibility index (Phi) is 8.65. The van der Waals surface area contributed by atoms with Gasteiger partial charge in [-0.05, 0) is 84.0 Å². The molecule has 0 aliphatic heterocycles. The van der Waals surface area contributed by atoms with Gasteiger partial charge in [-0.1, -0.05) is 0 Å². The molecule has 3 rings (SSSR count). The fourth-order valence-electron chi connectivity index (χ4n) is 3.19. The number of amides is 2. The maximum atomic E-state index is 13.9. The van der Waals surface area contributed by atoms with E-state index in [4.69, 9.17) is 15.2 Å². The predicted molar refractivity (Wildman–Crippen MR) is 146 cm³/mol. The lowest BCUT2D eigenvalue weighted by Gasteiger charge is -2.28. The van der Waals surface area contributed by atoms with E-state index in [0.29, 0.717) is 4.90 Å². The number of nitrogens with two attached hydrogens (primary N) is 1. The van der Waals surface area contributed by atoms with Crippen molar-refractivity contribution in [2.24, 2.45) is 0 Å². The number of benzene rings is 2. The zero-order chi connectivity index (χ0) is 30.8. The lowest BCUT2D eigenvalue weighted by molar-refractivity contribution is -0.137. The van der Waals surface area contributed by atoms with E-state index in [9.17, 15) is 27.2 Å². The highest BCUT2D eigenvalue weighted by Gasteiger charge is 2.34. The van der Waals surface area contributed by atoms with Crippen LogP contribution in [0.2, 0.25) is 0 Å². The van der Waals surface area contributed by atoms with Crippen molar-refractivity contribution in [3.8, 4) is 0 Å². The third-order valence-corrected chi connectivity index (χ3v) is 4.84. The van der Waals surface area contributed by atoms with Crippen LogP contribution in [0.1, 0.15) is 47.1 Å². The van der Waals surface area contributed by atoms with E-state index in [1.54, 1.807) is 41.5 Å². The highest BCUT2D eigenvalue weighted by molar-refractivity contribution is 6.09. The van der Waals surface area contributed by atoms with Crippen molar-refractivity contribution in [1.29, 1.82) is 0 Å². The van der Waals surface area contributed by atoms with Gasteiger partial charge in [0, 0.05) is 11.8 Å². The number of carbonyl (C=O) groups is 2. The lowest BCUT2D eigenvalue weighted by atomic mass is 10.2. The first kappa shape index (κ1) is 30.9. The van der Waals surface area contributed by atoms with E-state index in [-0.39, 0.29) is 34.6 Å². The van der Waals surface area contributed by atoms with Crippen LogP contribution < -0.4 is 21.3 Å². The SMILES string of the molecule is CC(C)(C)OC(=O)N(C(=O)OC(C)(C)C)c1cc(Nc2cc(F)ccc2N)nc(Nc2ccc(C(F)(F)F)cc2)n1. The molecule has 1 aromatic heterocycles. The molecular weight excluding hydrogens is 548 g/mol. The quantitative estimate of drug-likeness (QED) is 0.210. The Bertz CT molecular complexity index is 1390. The van der Waals surface area contributed by atoms with Gasteiger partial charge < -0.3 is 25.8 Å². The fourth-order valence-corrected chi connectivity index (χ4v) is 3.19. The van der Waals surface area contributed by atoms with Crippen molar-refractivity contribution < 1.29 is 36.6 Å². The van der Waals surface area contributed by atoms with Crippen molar-refractivity contribution in [3.05, 3.63) is 59.9 Å². The summed E-state index contributed by atoms with van der Waals surface area (Å²) in [4.78, 5) is 35.4. The van der Waals surface area contributed by atoms with Gasteiger partial charge in [-0.15, -0.1) is 0 Å². The van der Waals surface area contributed by atoms with E-state index in [2.05, 4.69) is 20.6 Å². The third-order valence-electron chi connectivity index (χ3n) is 4.84. The van der Waals surface area contributed by atoms with Crippen LogP contribution in [-0.4, -0.2) is 33.4 Å². The van der Waals surface area contributed by atoms with Crippen LogP contribution in [0.4, 0.5) is 61.8 Å². The Morgan fingerprint density at radius 3 is 1.90 bits per heavy atom. The standard InChI is InChI=1S/C27H30F4N6O4/c1-25(2,3)40-23(38)37(24(39)41-26(4,5)6)21-14-20(34-19-13-16(28)9-12-18(19)32)35-22(36-21)33-17-10-7-15(8-11-17)27(29,30)31/h7-14H,32H2,1-6H3,(H2,33,34,35,36). The number of aromatic nitrogens is 2. The molecule has 14 heteroatoms. The van der Waals surface area contributed by atoms with Gasteiger partial charge in [0.2, 0.25) is 5.95 Å². The first-order valence-electron chi connectivity index (χ1n) is 12.2. The minimum Gasteiger partial charge on any atom is -0.443 e. The molecule has 3 aromatic rings. The molecule has 2 amide bonds. The Hall–Kier alpha value is -4.62. The summed E-state index contributed by atoms with van der Waals surface area (Å²) in [7, 11) is 0. The average molecular weight is 579 g/mol. The molecule has 0 atom stereocenters. The number of hydrogen-bond acceptors (Lipinski definition) is 9. The molecule has 0 aliphatic carbocycles. The first-order chi connectivity index (χ1) is 18.8. The van der Waals surface area contributed by atoms with Crippen molar-refractivity contribution in [2.75, 3.05) is 21.3 Å². The Morgan fingerprint density at radius 1 is 0.829 bits per heavy atom. The molecule has 0 saturated heterocycles. The Labute approximate surface area is 233 Å². The van der Waals surface area contributed by atoms with Crippen molar-refractivity contribution in [3.63, 3.8) is 0 Å². The van der Waals surface area contributed by atoms with Crippen LogP contribution in [-0.2, 0) is 15.7 Å². The maximum absolute atomic E-state index is 13.9. The van der Waals surface area contributed by atoms with Crippen molar-refractivity contribution in [1.82, 2.24) is 9.97 Å². The topological polar surface area (TPSA) is 132 Å². The second-order valence-corrected chi connectivity index (χ2v) is 10.8. The van der Waals surface area contributed by atoms with Crippen LogP contribution in [0.3, 0.4) is 0 Å². The molecule has 10 nitrogen and oxygen atoms in total.